The molecule has 0 aromatic carbocycles. The molecular weight excluding hydrogens is 152 g/mol. The predicted molar refractivity (Wildman–Crippen MR) is 50.0 cm³/mol. The topological polar surface area (TPSA) is 37.3 Å². The summed E-state index contributed by atoms with van der Waals surface area (Å²) < 4.78 is 0. The minimum absolute atomic E-state index is 0.0268. The van der Waals surface area contributed by atoms with Gasteiger partial charge in [-0.05, 0) is 18.3 Å². The van der Waals surface area contributed by atoms with Gasteiger partial charge in [0.05, 0.1) is 0 Å². The van der Waals surface area contributed by atoms with Gasteiger partial charge in [-0.15, -0.1) is 0 Å². The van der Waals surface area contributed by atoms with Crippen LogP contribution >= 0.6 is 0 Å². The molecule has 2 heteroatoms. The third-order valence-electron chi connectivity index (χ3n) is 1.99. The molecule has 0 atom stereocenters. The molecule has 0 radical (unpaired) electrons. The van der Waals surface area contributed by atoms with Crippen molar-refractivity contribution in [3.63, 3.8) is 0 Å². The number of carbonyl (C=O) groups is 1. The first-order valence-electron chi connectivity index (χ1n) is 4.64. The fourth-order valence-corrected chi connectivity index (χ4v) is 1.29. The maximum absolute atomic E-state index is 11.3. The predicted octanol–water partition coefficient (Wildman–Crippen LogP) is 2.15. The van der Waals surface area contributed by atoms with Crippen LogP contribution < -0.4 is 0 Å². The zero-order chi connectivity index (χ0) is 9.61. The number of aliphatic hydroxyl groups is 1. The van der Waals surface area contributed by atoms with Crippen LogP contribution in [0.4, 0.5) is 0 Å². The van der Waals surface area contributed by atoms with E-state index in [1.807, 2.05) is 20.8 Å². The number of carbonyl (C=O) groups excluding carboxylic acids is 1. The molecule has 0 aliphatic heterocycles. The molecule has 0 aliphatic rings. The molecule has 72 valence electrons. The normalized spacial score (nSPS) is 11.7. The molecule has 2 nitrogen and oxygen atoms in total. The Morgan fingerprint density at radius 3 is 2.42 bits per heavy atom. The molecule has 0 heterocycles. The summed E-state index contributed by atoms with van der Waals surface area (Å²) in [4.78, 5) is 11.3. The van der Waals surface area contributed by atoms with Gasteiger partial charge in [-0.3, -0.25) is 4.79 Å². The molecular formula is C10H20O2. The lowest BCUT2D eigenvalue weighted by molar-refractivity contribution is -0.121. The van der Waals surface area contributed by atoms with E-state index in [1.54, 1.807) is 0 Å². The maximum Gasteiger partial charge on any atom is 0.133 e. The van der Waals surface area contributed by atoms with Crippen molar-refractivity contribution in [2.75, 3.05) is 6.61 Å². The van der Waals surface area contributed by atoms with Crippen molar-refractivity contribution in [1.29, 1.82) is 0 Å². The van der Waals surface area contributed by atoms with Crippen LogP contribution in [0, 0.1) is 5.41 Å². The largest absolute Gasteiger partial charge is 0.396 e. The molecule has 0 bridgehead atoms. The van der Waals surface area contributed by atoms with Gasteiger partial charge in [-0.25, -0.2) is 0 Å². The number of hydrogen-bond donors (Lipinski definition) is 1. The van der Waals surface area contributed by atoms with Crippen LogP contribution in [0.1, 0.15) is 46.5 Å². The van der Waals surface area contributed by atoms with Gasteiger partial charge in [0.25, 0.3) is 0 Å². The second kappa shape index (κ2) is 5.31. The lowest BCUT2D eigenvalue weighted by Gasteiger charge is -2.22. The standard InChI is InChI=1S/C10H20O2/c1-4-5-9(12)8-10(2,3)6-7-11/h11H,4-8H2,1-3H3. The van der Waals surface area contributed by atoms with Crippen LogP contribution in [0.15, 0.2) is 0 Å². The van der Waals surface area contributed by atoms with Gasteiger partial charge in [-0.1, -0.05) is 20.8 Å². The van der Waals surface area contributed by atoms with Crippen LogP contribution in [0.3, 0.4) is 0 Å². The minimum atomic E-state index is -0.0268. The molecule has 0 saturated carbocycles. The van der Waals surface area contributed by atoms with Crippen LogP contribution in [0.5, 0.6) is 0 Å². The zero-order valence-corrected chi connectivity index (χ0v) is 8.39. The Balaban J connectivity index is 3.79. The summed E-state index contributed by atoms with van der Waals surface area (Å²) in [6.07, 6.45) is 2.91. The highest BCUT2D eigenvalue weighted by Crippen LogP contribution is 2.25. The third-order valence-corrected chi connectivity index (χ3v) is 1.99. The van der Waals surface area contributed by atoms with Gasteiger partial charge in [0.2, 0.25) is 0 Å². The first-order chi connectivity index (χ1) is 5.52. The summed E-state index contributed by atoms with van der Waals surface area (Å²) >= 11 is 0. The summed E-state index contributed by atoms with van der Waals surface area (Å²) in [5.41, 5.74) is -0.0268. The quantitative estimate of drug-likeness (QED) is 0.666. The number of rotatable bonds is 6. The first-order valence-corrected chi connectivity index (χ1v) is 4.64. The monoisotopic (exact) mass is 172 g/mol. The number of Topliss-reactive ketones (excluding diaryl/α,β-unsaturated/α-hetero) is 1. The lowest BCUT2D eigenvalue weighted by Crippen LogP contribution is -2.18. The van der Waals surface area contributed by atoms with Crippen molar-refractivity contribution < 1.29 is 9.90 Å². The molecule has 0 amide bonds. The Labute approximate surface area is 75.0 Å². The molecule has 0 saturated heterocycles. The third kappa shape index (κ3) is 5.30. The maximum atomic E-state index is 11.3. The zero-order valence-electron chi connectivity index (χ0n) is 8.39. The van der Waals surface area contributed by atoms with Crippen molar-refractivity contribution in [3.8, 4) is 0 Å². The summed E-state index contributed by atoms with van der Waals surface area (Å²) in [6.45, 7) is 6.23. The summed E-state index contributed by atoms with van der Waals surface area (Å²) in [7, 11) is 0. The molecule has 0 aromatic heterocycles. The van der Waals surface area contributed by atoms with Gasteiger partial charge < -0.3 is 5.11 Å². The molecule has 1 N–H and O–H groups in total. The Bertz CT molecular complexity index is 139. The van der Waals surface area contributed by atoms with Crippen LogP contribution in [-0.4, -0.2) is 17.5 Å². The van der Waals surface area contributed by atoms with Crippen molar-refractivity contribution >= 4 is 5.78 Å². The highest BCUT2D eigenvalue weighted by molar-refractivity contribution is 5.78. The van der Waals surface area contributed by atoms with Crippen molar-refractivity contribution in [1.82, 2.24) is 0 Å². The Morgan fingerprint density at radius 2 is 2.00 bits per heavy atom. The Kier molecular flexibility index (Phi) is 5.14. The average molecular weight is 172 g/mol. The molecule has 0 unspecified atom stereocenters. The van der Waals surface area contributed by atoms with E-state index in [1.165, 1.54) is 0 Å². The van der Waals surface area contributed by atoms with Gasteiger partial charge in [0.1, 0.15) is 5.78 Å². The van der Waals surface area contributed by atoms with Crippen LogP contribution in [0.25, 0.3) is 0 Å². The van der Waals surface area contributed by atoms with E-state index in [0.29, 0.717) is 25.0 Å². The Morgan fingerprint density at radius 1 is 1.42 bits per heavy atom. The number of hydrogen-bond acceptors (Lipinski definition) is 2. The fourth-order valence-electron chi connectivity index (χ4n) is 1.29. The number of ketones is 1. The van der Waals surface area contributed by atoms with E-state index >= 15 is 0 Å². The van der Waals surface area contributed by atoms with Crippen molar-refractivity contribution in [2.45, 2.75) is 46.5 Å². The SMILES string of the molecule is CCCC(=O)CC(C)(C)CCO. The highest BCUT2D eigenvalue weighted by Gasteiger charge is 2.20. The van der Waals surface area contributed by atoms with E-state index in [4.69, 9.17) is 5.11 Å². The van der Waals surface area contributed by atoms with E-state index in [0.717, 1.165) is 6.42 Å². The average Bonchev–Trinajstić information content (AvgIpc) is 1.85. The van der Waals surface area contributed by atoms with Gasteiger partial charge in [0, 0.05) is 19.4 Å². The van der Waals surface area contributed by atoms with Crippen LogP contribution in [-0.2, 0) is 4.79 Å². The van der Waals surface area contributed by atoms with E-state index in [9.17, 15) is 4.79 Å². The molecule has 0 aliphatic carbocycles. The molecule has 0 spiro atoms. The van der Waals surface area contributed by atoms with E-state index < -0.39 is 0 Å². The van der Waals surface area contributed by atoms with E-state index in [2.05, 4.69) is 0 Å². The highest BCUT2D eigenvalue weighted by atomic mass is 16.3. The van der Waals surface area contributed by atoms with Crippen LogP contribution in [0.2, 0.25) is 0 Å². The first kappa shape index (κ1) is 11.6. The smallest absolute Gasteiger partial charge is 0.133 e. The minimum Gasteiger partial charge on any atom is -0.396 e. The van der Waals surface area contributed by atoms with Gasteiger partial charge >= 0.3 is 0 Å². The number of aliphatic hydroxyl groups excluding tert-OH is 1. The Hall–Kier alpha value is -0.370. The summed E-state index contributed by atoms with van der Waals surface area (Å²) in [5, 5.41) is 8.73. The molecule has 0 aromatic rings. The van der Waals surface area contributed by atoms with Crippen molar-refractivity contribution in [2.24, 2.45) is 5.41 Å². The second-order valence-corrected chi connectivity index (χ2v) is 4.10. The lowest BCUT2D eigenvalue weighted by atomic mass is 9.83. The summed E-state index contributed by atoms with van der Waals surface area (Å²) in [6, 6.07) is 0. The molecule has 0 fully saturated rings. The van der Waals surface area contributed by atoms with Gasteiger partial charge in [0.15, 0.2) is 0 Å². The summed E-state index contributed by atoms with van der Waals surface area (Å²) in [5.74, 6) is 0.316. The van der Waals surface area contributed by atoms with Gasteiger partial charge in [-0.2, -0.15) is 0 Å². The van der Waals surface area contributed by atoms with Crippen molar-refractivity contribution in [3.05, 3.63) is 0 Å². The second-order valence-electron chi connectivity index (χ2n) is 4.10. The van der Waals surface area contributed by atoms with E-state index in [-0.39, 0.29) is 12.0 Å². The molecule has 12 heavy (non-hydrogen) atoms. The molecule has 0 rings (SSSR count). The fraction of sp³-hybridized carbons (Fsp3) is 0.900.